The van der Waals surface area contributed by atoms with Crippen LogP contribution in [0.4, 0.5) is 4.39 Å². The summed E-state index contributed by atoms with van der Waals surface area (Å²) in [6.45, 7) is 2.11. The lowest BCUT2D eigenvalue weighted by Gasteiger charge is -2.06. The maximum atomic E-state index is 12.8. The van der Waals surface area contributed by atoms with Crippen LogP contribution in [0.3, 0.4) is 0 Å². The molecule has 2 heterocycles. The quantitative estimate of drug-likeness (QED) is 0.777. The van der Waals surface area contributed by atoms with Crippen LogP contribution in [0.25, 0.3) is 0 Å². The lowest BCUT2D eigenvalue weighted by molar-refractivity contribution is 0.0937. The maximum Gasteiger partial charge on any atom is 0.292 e. The number of nitrogens with zero attached hydrogens (tertiary/aromatic N) is 4. The molecule has 0 bridgehead atoms. The maximum absolute atomic E-state index is 12.8. The van der Waals surface area contributed by atoms with Crippen LogP contribution >= 0.6 is 0 Å². The number of halogens is 1. The molecule has 23 heavy (non-hydrogen) atoms. The van der Waals surface area contributed by atoms with Gasteiger partial charge < -0.3 is 14.4 Å². The summed E-state index contributed by atoms with van der Waals surface area (Å²) in [7, 11) is 0. The first-order valence-electron chi connectivity index (χ1n) is 6.97. The number of carbonyl (C=O) groups excluding carboxylic acids is 1. The Labute approximate surface area is 131 Å². The molecule has 0 fully saturated rings. The fraction of sp³-hybridized carbons (Fsp3) is 0.200. The van der Waals surface area contributed by atoms with Gasteiger partial charge in [-0.2, -0.15) is 4.98 Å². The Bertz CT molecular complexity index is 783. The zero-order valence-electron chi connectivity index (χ0n) is 12.3. The second kappa shape index (κ2) is 6.39. The third-order valence-corrected chi connectivity index (χ3v) is 3.34. The molecule has 1 N–H and O–H groups in total. The van der Waals surface area contributed by atoms with Gasteiger partial charge in [0.2, 0.25) is 5.89 Å². The molecule has 0 aliphatic rings. The minimum Gasteiger partial charge on any atom is -0.345 e. The van der Waals surface area contributed by atoms with Crippen LogP contribution in [-0.2, 0) is 6.54 Å². The Morgan fingerprint density at radius 1 is 1.39 bits per heavy atom. The molecule has 0 saturated carbocycles. The summed E-state index contributed by atoms with van der Waals surface area (Å²) in [5.74, 6) is -0.512. The van der Waals surface area contributed by atoms with Gasteiger partial charge in [-0.05, 0) is 24.6 Å². The van der Waals surface area contributed by atoms with Gasteiger partial charge in [0.1, 0.15) is 11.9 Å². The number of benzene rings is 1. The Balaban J connectivity index is 1.63. The van der Waals surface area contributed by atoms with E-state index >= 15 is 0 Å². The van der Waals surface area contributed by atoms with Crippen molar-refractivity contribution < 1.29 is 13.7 Å². The van der Waals surface area contributed by atoms with E-state index in [1.54, 1.807) is 35.4 Å². The average molecular weight is 315 g/mol. The van der Waals surface area contributed by atoms with Gasteiger partial charge in [0.15, 0.2) is 0 Å². The summed E-state index contributed by atoms with van der Waals surface area (Å²) in [5, 5.41) is 6.34. The van der Waals surface area contributed by atoms with Gasteiger partial charge in [0.05, 0.1) is 6.33 Å². The zero-order chi connectivity index (χ0) is 16.2. The van der Waals surface area contributed by atoms with Gasteiger partial charge in [0, 0.05) is 18.9 Å². The molecule has 0 saturated heterocycles. The predicted molar refractivity (Wildman–Crippen MR) is 77.9 cm³/mol. The molecule has 8 heteroatoms. The first-order valence-corrected chi connectivity index (χ1v) is 6.97. The Hall–Kier alpha value is -3.03. The van der Waals surface area contributed by atoms with E-state index in [0.29, 0.717) is 5.89 Å². The van der Waals surface area contributed by atoms with E-state index in [9.17, 15) is 9.18 Å². The number of carbonyl (C=O) groups is 1. The molecular weight excluding hydrogens is 301 g/mol. The molecule has 0 aliphatic heterocycles. The highest BCUT2D eigenvalue weighted by molar-refractivity contribution is 5.90. The third kappa shape index (κ3) is 3.42. The van der Waals surface area contributed by atoms with Crippen LogP contribution in [0.1, 0.15) is 35.0 Å². The summed E-state index contributed by atoms with van der Waals surface area (Å²) in [5.41, 5.74) is 0.773. The topological polar surface area (TPSA) is 85.8 Å². The molecule has 0 unspecified atom stereocenters. The second-order valence-corrected chi connectivity index (χ2v) is 4.95. The summed E-state index contributed by atoms with van der Waals surface area (Å²) < 4.78 is 19.7. The normalized spacial score (nSPS) is 12.1. The van der Waals surface area contributed by atoms with E-state index in [4.69, 9.17) is 4.52 Å². The molecule has 118 valence electrons. The number of imidazole rings is 1. The molecule has 2 aromatic heterocycles. The molecule has 7 nitrogen and oxygen atoms in total. The molecule has 1 amide bonds. The van der Waals surface area contributed by atoms with Crippen LogP contribution in [0.15, 0.2) is 47.5 Å². The van der Waals surface area contributed by atoms with Gasteiger partial charge >= 0.3 is 0 Å². The molecule has 3 rings (SSSR count). The average Bonchev–Trinajstić information content (AvgIpc) is 3.25. The smallest absolute Gasteiger partial charge is 0.292 e. The highest BCUT2D eigenvalue weighted by atomic mass is 19.1. The summed E-state index contributed by atoms with van der Waals surface area (Å²) >= 11 is 0. The van der Waals surface area contributed by atoms with Gasteiger partial charge in [-0.3, -0.25) is 4.79 Å². The number of aromatic nitrogens is 4. The summed E-state index contributed by atoms with van der Waals surface area (Å²) in [6.07, 6.45) is 5.04. The highest BCUT2D eigenvalue weighted by Gasteiger charge is 2.19. The molecule has 0 aliphatic carbocycles. The standard InChI is InChI=1S/C15H14FN5O2/c1-10(21-7-6-17-9-21)15-19-13(20-23-15)14(22)18-8-11-2-4-12(16)5-3-11/h2-7,9-10H,8H2,1H3,(H,18,22)/t10-/m1/s1. The minimum absolute atomic E-state index is 0.0472. The molecule has 0 spiro atoms. The molecular formula is C15H14FN5O2. The van der Waals surface area contributed by atoms with E-state index in [0.717, 1.165) is 5.56 Å². The molecule has 1 atom stereocenters. The van der Waals surface area contributed by atoms with Crippen molar-refractivity contribution in [3.63, 3.8) is 0 Å². The first kappa shape index (κ1) is 14.9. The number of nitrogens with one attached hydrogen (secondary N) is 1. The van der Waals surface area contributed by atoms with E-state index in [1.807, 2.05) is 6.92 Å². The lowest BCUT2D eigenvalue weighted by atomic mass is 10.2. The fourth-order valence-corrected chi connectivity index (χ4v) is 1.99. The van der Waals surface area contributed by atoms with Crippen molar-refractivity contribution in [2.45, 2.75) is 19.5 Å². The van der Waals surface area contributed by atoms with E-state index in [2.05, 4.69) is 20.4 Å². The zero-order valence-corrected chi connectivity index (χ0v) is 12.3. The van der Waals surface area contributed by atoms with Crippen molar-refractivity contribution in [1.29, 1.82) is 0 Å². The van der Waals surface area contributed by atoms with E-state index in [1.165, 1.54) is 12.1 Å². The van der Waals surface area contributed by atoms with Crippen LogP contribution in [0.5, 0.6) is 0 Å². The van der Waals surface area contributed by atoms with Crippen LogP contribution in [-0.4, -0.2) is 25.6 Å². The minimum atomic E-state index is -0.456. The molecule has 1 aromatic carbocycles. The monoisotopic (exact) mass is 315 g/mol. The number of hydrogen-bond donors (Lipinski definition) is 1. The third-order valence-electron chi connectivity index (χ3n) is 3.34. The van der Waals surface area contributed by atoms with E-state index < -0.39 is 5.91 Å². The van der Waals surface area contributed by atoms with Crippen LogP contribution in [0, 0.1) is 5.82 Å². The van der Waals surface area contributed by atoms with Crippen molar-refractivity contribution in [1.82, 2.24) is 25.0 Å². The number of amides is 1. The summed E-state index contributed by atoms with van der Waals surface area (Å²) in [4.78, 5) is 20.1. The largest absolute Gasteiger partial charge is 0.345 e. The second-order valence-electron chi connectivity index (χ2n) is 4.95. The van der Waals surface area contributed by atoms with Gasteiger partial charge in [-0.25, -0.2) is 9.37 Å². The van der Waals surface area contributed by atoms with Crippen LogP contribution in [0.2, 0.25) is 0 Å². The predicted octanol–water partition coefficient (Wildman–Crippen LogP) is 1.94. The van der Waals surface area contributed by atoms with Crippen molar-refractivity contribution >= 4 is 5.91 Å². The van der Waals surface area contributed by atoms with Crippen molar-refractivity contribution in [2.24, 2.45) is 0 Å². The van der Waals surface area contributed by atoms with Gasteiger partial charge in [-0.1, -0.05) is 17.3 Å². The van der Waals surface area contributed by atoms with Gasteiger partial charge in [-0.15, -0.1) is 0 Å². The number of hydrogen-bond acceptors (Lipinski definition) is 5. The Kier molecular flexibility index (Phi) is 4.13. The summed E-state index contributed by atoms with van der Waals surface area (Å²) in [6, 6.07) is 5.64. The highest BCUT2D eigenvalue weighted by Crippen LogP contribution is 2.15. The van der Waals surface area contributed by atoms with Crippen molar-refractivity contribution in [3.05, 3.63) is 66.1 Å². The van der Waals surface area contributed by atoms with Gasteiger partial charge in [0.25, 0.3) is 11.7 Å². The van der Waals surface area contributed by atoms with Crippen LogP contribution < -0.4 is 5.32 Å². The molecule has 3 aromatic rings. The van der Waals surface area contributed by atoms with E-state index in [-0.39, 0.29) is 24.2 Å². The first-order chi connectivity index (χ1) is 11.1. The van der Waals surface area contributed by atoms with Crippen molar-refractivity contribution in [2.75, 3.05) is 0 Å². The fourth-order valence-electron chi connectivity index (χ4n) is 1.99. The SMILES string of the molecule is C[C@H](c1nc(C(=O)NCc2ccc(F)cc2)no1)n1ccnc1. The lowest BCUT2D eigenvalue weighted by Crippen LogP contribution is -2.24. The number of rotatable bonds is 5. The van der Waals surface area contributed by atoms with Crippen molar-refractivity contribution in [3.8, 4) is 0 Å². The Morgan fingerprint density at radius 2 is 2.17 bits per heavy atom. The Morgan fingerprint density at radius 3 is 2.87 bits per heavy atom. The molecule has 0 radical (unpaired) electrons.